The lowest BCUT2D eigenvalue weighted by molar-refractivity contribution is 0.185. The maximum Gasteiger partial charge on any atom is 0.0515 e. The Morgan fingerprint density at radius 3 is 2.91 bits per heavy atom. The largest absolute Gasteiger partial charge is 0.393 e. The lowest BCUT2D eigenvalue weighted by atomic mass is 10.2. The van der Waals surface area contributed by atoms with Crippen LogP contribution in [0.5, 0.6) is 0 Å². The van der Waals surface area contributed by atoms with Gasteiger partial charge < -0.3 is 5.11 Å². The van der Waals surface area contributed by atoms with Gasteiger partial charge in [-0.2, -0.15) is 0 Å². The molecule has 0 amide bonds. The Labute approximate surface area is 79.2 Å². The molecule has 0 fully saturated rings. The lowest BCUT2D eigenvalue weighted by Crippen LogP contribution is -2.00. The standard InChI is InChI=1S/C8H11BrOS/c1-6(10)2-3-8-7(9)4-5-11-8/h4-6,10H,2-3H2,1H3. The molecule has 1 unspecified atom stereocenters. The van der Waals surface area contributed by atoms with Gasteiger partial charge in [-0.15, -0.1) is 11.3 Å². The Morgan fingerprint density at radius 1 is 1.73 bits per heavy atom. The van der Waals surface area contributed by atoms with Gasteiger partial charge in [-0.1, -0.05) is 0 Å². The second-order valence-corrected chi connectivity index (χ2v) is 4.43. The van der Waals surface area contributed by atoms with E-state index in [0.29, 0.717) is 0 Å². The number of aliphatic hydroxyl groups excluding tert-OH is 1. The summed E-state index contributed by atoms with van der Waals surface area (Å²) < 4.78 is 1.17. The van der Waals surface area contributed by atoms with Crippen molar-refractivity contribution in [2.45, 2.75) is 25.9 Å². The van der Waals surface area contributed by atoms with Gasteiger partial charge in [0.1, 0.15) is 0 Å². The molecule has 0 aromatic carbocycles. The van der Waals surface area contributed by atoms with Crippen molar-refractivity contribution in [1.82, 2.24) is 0 Å². The van der Waals surface area contributed by atoms with E-state index >= 15 is 0 Å². The Balaban J connectivity index is 2.44. The summed E-state index contributed by atoms with van der Waals surface area (Å²) in [6.45, 7) is 1.82. The van der Waals surface area contributed by atoms with Gasteiger partial charge in [0, 0.05) is 9.35 Å². The summed E-state index contributed by atoms with van der Waals surface area (Å²) in [6, 6.07) is 2.04. The van der Waals surface area contributed by atoms with E-state index in [-0.39, 0.29) is 6.10 Å². The van der Waals surface area contributed by atoms with Gasteiger partial charge in [0.2, 0.25) is 0 Å². The van der Waals surface area contributed by atoms with Crippen molar-refractivity contribution in [3.05, 3.63) is 20.8 Å². The molecular weight excluding hydrogens is 224 g/mol. The zero-order valence-corrected chi connectivity index (χ0v) is 8.78. The third-order valence-electron chi connectivity index (χ3n) is 1.48. The fraction of sp³-hybridized carbons (Fsp3) is 0.500. The second-order valence-electron chi connectivity index (χ2n) is 2.58. The van der Waals surface area contributed by atoms with Crippen molar-refractivity contribution in [2.75, 3.05) is 0 Å². The molecule has 1 N–H and O–H groups in total. The van der Waals surface area contributed by atoms with E-state index in [1.807, 2.05) is 13.0 Å². The third kappa shape index (κ3) is 2.93. The smallest absolute Gasteiger partial charge is 0.0515 e. The average Bonchev–Trinajstić information content (AvgIpc) is 2.31. The van der Waals surface area contributed by atoms with Crippen LogP contribution in [0, 0.1) is 0 Å². The predicted octanol–water partition coefficient (Wildman–Crippen LogP) is 2.82. The summed E-state index contributed by atoms with van der Waals surface area (Å²) in [5, 5.41) is 11.1. The minimum Gasteiger partial charge on any atom is -0.393 e. The Bertz CT molecular complexity index is 220. The summed E-state index contributed by atoms with van der Waals surface area (Å²) in [4.78, 5) is 1.32. The van der Waals surface area contributed by atoms with Crippen molar-refractivity contribution in [2.24, 2.45) is 0 Å². The van der Waals surface area contributed by atoms with Gasteiger partial charge in [-0.25, -0.2) is 0 Å². The summed E-state index contributed by atoms with van der Waals surface area (Å²) in [5.74, 6) is 0. The van der Waals surface area contributed by atoms with Crippen molar-refractivity contribution in [3.8, 4) is 0 Å². The number of thiophene rings is 1. The first-order chi connectivity index (χ1) is 5.20. The van der Waals surface area contributed by atoms with Crippen molar-refractivity contribution < 1.29 is 5.11 Å². The van der Waals surface area contributed by atoms with Crippen LogP contribution in [0.3, 0.4) is 0 Å². The number of hydrogen-bond donors (Lipinski definition) is 1. The molecule has 0 aliphatic rings. The average molecular weight is 235 g/mol. The Hall–Kier alpha value is 0.140. The second kappa shape index (κ2) is 4.24. The van der Waals surface area contributed by atoms with Crippen LogP contribution in [0.4, 0.5) is 0 Å². The first kappa shape index (κ1) is 9.23. The fourth-order valence-corrected chi connectivity index (χ4v) is 2.41. The van der Waals surface area contributed by atoms with Gasteiger partial charge in [0.15, 0.2) is 0 Å². The summed E-state index contributed by atoms with van der Waals surface area (Å²) >= 11 is 5.18. The number of aryl methyl sites for hydroxylation is 1. The van der Waals surface area contributed by atoms with Gasteiger partial charge >= 0.3 is 0 Å². The Morgan fingerprint density at radius 2 is 2.45 bits per heavy atom. The van der Waals surface area contributed by atoms with Crippen LogP contribution in [0.25, 0.3) is 0 Å². The molecule has 0 saturated carbocycles. The van der Waals surface area contributed by atoms with E-state index in [9.17, 15) is 0 Å². The van der Waals surface area contributed by atoms with E-state index < -0.39 is 0 Å². The van der Waals surface area contributed by atoms with Gasteiger partial charge in [0.25, 0.3) is 0 Å². The molecule has 0 bridgehead atoms. The Kier molecular flexibility index (Phi) is 3.55. The highest BCUT2D eigenvalue weighted by Gasteiger charge is 2.02. The number of aliphatic hydroxyl groups is 1. The number of rotatable bonds is 3. The van der Waals surface area contributed by atoms with Crippen LogP contribution in [-0.2, 0) is 6.42 Å². The van der Waals surface area contributed by atoms with Crippen LogP contribution < -0.4 is 0 Å². The highest BCUT2D eigenvalue weighted by molar-refractivity contribution is 9.10. The fourth-order valence-electron chi connectivity index (χ4n) is 0.843. The predicted molar refractivity (Wildman–Crippen MR) is 52.0 cm³/mol. The van der Waals surface area contributed by atoms with Crippen LogP contribution in [0.2, 0.25) is 0 Å². The SMILES string of the molecule is CC(O)CCc1sccc1Br. The molecule has 1 heterocycles. The van der Waals surface area contributed by atoms with Crippen LogP contribution >= 0.6 is 27.3 Å². The van der Waals surface area contributed by atoms with Crippen molar-refractivity contribution >= 4 is 27.3 Å². The first-order valence-electron chi connectivity index (χ1n) is 3.60. The molecule has 1 nitrogen and oxygen atoms in total. The topological polar surface area (TPSA) is 20.2 Å². The molecule has 0 saturated heterocycles. The van der Waals surface area contributed by atoms with E-state index in [1.54, 1.807) is 11.3 Å². The number of halogens is 1. The first-order valence-corrected chi connectivity index (χ1v) is 5.27. The molecule has 62 valence electrons. The van der Waals surface area contributed by atoms with Crippen molar-refractivity contribution in [1.29, 1.82) is 0 Å². The molecule has 0 aliphatic heterocycles. The normalized spacial score (nSPS) is 13.4. The molecule has 3 heteroatoms. The van der Waals surface area contributed by atoms with Crippen molar-refractivity contribution in [3.63, 3.8) is 0 Å². The maximum atomic E-state index is 9.03. The molecular formula is C8H11BrOS. The van der Waals surface area contributed by atoms with Gasteiger partial charge in [-0.3, -0.25) is 0 Å². The van der Waals surface area contributed by atoms with Gasteiger partial charge in [-0.05, 0) is 47.1 Å². The quantitative estimate of drug-likeness (QED) is 0.854. The molecule has 0 spiro atoms. The summed E-state index contributed by atoms with van der Waals surface area (Å²) in [5.41, 5.74) is 0. The monoisotopic (exact) mass is 234 g/mol. The van der Waals surface area contributed by atoms with E-state index in [1.165, 1.54) is 9.35 Å². The molecule has 0 aliphatic carbocycles. The zero-order valence-electron chi connectivity index (χ0n) is 6.38. The minimum absolute atomic E-state index is 0.191. The molecule has 1 rings (SSSR count). The summed E-state index contributed by atoms with van der Waals surface area (Å²) in [7, 11) is 0. The third-order valence-corrected chi connectivity index (χ3v) is 3.47. The van der Waals surface area contributed by atoms with Crippen LogP contribution in [0.15, 0.2) is 15.9 Å². The molecule has 0 radical (unpaired) electrons. The highest BCUT2D eigenvalue weighted by Crippen LogP contribution is 2.24. The lowest BCUT2D eigenvalue weighted by Gasteiger charge is -2.01. The highest BCUT2D eigenvalue weighted by atomic mass is 79.9. The van der Waals surface area contributed by atoms with E-state index in [0.717, 1.165) is 12.8 Å². The molecule has 1 aromatic rings. The summed E-state index contributed by atoms with van der Waals surface area (Å²) in [6.07, 6.45) is 1.62. The maximum absolute atomic E-state index is 9.03. The van der Waals surface area contributed by atoms with Gasteiger partial charge in [0.05, 0.1) is 6.10 Å². The molecule has 11 heavy (non-hydrogen) atoms. The van der Waals surface area contributed by atoms with E-state index in [2.05, 4.69) is 21.3 Å². The van der Waals surface area contributed by atoms with Crippen LogP contribution in [-0.4, -0.2) is 11.2 Å². The molecule has 1 atom stereocenters. The number of hydrogen-bond acceptors (Lipinski definition) is 2. The zero-order chi connectivity index (χ0) is 8.27. The molecule has 1 aromatic heterocycles. The van der Waals surface area contributed by atoms with Crippen LogP contribution in [0.1, 0.15) is 18.2 Å². The van der Waals surface area contributed by atoms with E-state index in [4.69, 9.17) is 5.11 Å². The minimum atomic E-state index is -0.191.